The minimum atomic E-state index is -0.319. The van der Waals surface area contributed by atoms with E-state index in [1.54, 1.807) is 6.07 Å². The Kier molecular flexibility index (Phi) is 4.93. The molecule has 4 nitrogen and oxygen atoms in total. The van der Waals surface area contributed by atoms with Gasteiger partial charge in [-0.3, -0.25) is 4.79 Å². The molecule has 4 rings (SSSR count). The molecule has 154 valence electrons. The maximum atomic E-state index is 15.0. The van der Waals surface area contributed by atoms with E-state index in [9.17, 15) is 4.79 Å². The highest BCUT2D eigenvalue weighted by Crippen LogP contribution is 2.70. The molecule has 2 saturated carbocycles. The largest absolute Gasteiger partial charge is 0.494 e. The van der Waals surface area contributed by atoms with Gasteiger partial charge in [-0.2, -0.15) is 0 Å². The molecule has 3 aliphatic rings. The van der Waals surface area contributed by atoms with Crippen LogP contribution < -0.4 is 10.1 Å². The van der Waals surface area contributed by atoms with E-state index in [2.05, 4.69) is 19.2 Å². The fourth-order valence-corrected chi connectivity index (χ4v) is 6.46. The maximum absolute atomic E-state index is 15.0. The molecule has 2 bridgehead atoms. The second-order valence-electron chi connectivity index (χ2n) is 9.45. The molecule has 0 aromatic heterocycles. The average Bonchev–Trinajstić information content (AvgIpc) is 3.15. The highest BCUT2D eigenvalue weighted by molar-refractivity contribution is 5.76. The molecule has 1 heterocycles. The Labute approximate surface area is 167 Å². The molecule has 5 atom stereocenters. The zero-order chi connectivity index (χ0) is 20.1. The predicted octanol–water partition coefficient (Wildman–Crippen LogP) is 4.63. The number of carbonyl (C=O) groups excluding carboxylic acids is 1. The lowest BCUT2D eigenvalue weighted by Gasteiger charge is -2.53. The normalized spacial score (nSPS) is 35.5. The second-order valence-corrected chi connectivity index (χ2v) is 9.45. The third-order valence-electron chi connectivity index (χ3n) is 7.81. The molecule has 28 heavy (non-hydrogen) atoms. The van der Waals surface area contributed by atoms with Crippen LogP contribution in [0.15, 0.2) is 18.2 Å². The number of ether oxygens (including phenoxy) is 2. The first kappa shape index (κ1) is 19.7. The predicted molar refractivity (Wildman–Crippen MR) is 106 cm³/mol. The first-order chi connectivity index (χ1) is 13.3. The van der Waals surface area contributed by atoms with E-state index >= 15 is 4.39 Å². The van der Waals surface area contributed by atoms with Gasteiger partial charge < -0.3 is 14.8 Å². The molecular formula is C23H32FNO3. The van der Waals surface area contributed by atoms with Gasteiger partial charge in [-0.1, -0.05) is 32.9 Å². The summed E-state index contributed by atoms with van der Waals surface area (Å²) in [6.45, 7) is 7.20. The number of rotatable bonds is 5. The molecular weight excluding hydrogens is 357 g/mol. The van der Waals surface area contributed by atoms with Gasteiger partial charge in [0.15, 0.2) is 11.6 Å². The van der Waals surface area contributed by atoms with E-state index in [0.717, 1.165) is 25.7 Å². The summed E-state index contributed by atoms with van der Waals surface area (Å²) in [5.41, 5.74) is 0.623. The van der Waals surface area contributed by atoms with E-state index in [0.29, 0.717) is 24.5 Å². The van der Waals surface area contributed by atoms with E-state index in [1.165, 1.54) is 7.11 Å². The van der Waals surface area contributed by atoms with Crippen molar-refractivity contribution in [1.29, 1.82) is 0 Å². The van der Waals surface area contributed by atoms with Crippen LogP contribution in [0.3, 0.4) is 0 Å². The highest BCUT2D eigenvalue weighted by Gasteiger charge is 2.68. The first-order valence-corrected chi connectivity index (χ1v) is 10.6. The summed E-state index contributed by atoms with van der Waals surface area (Å²) in [7, 11) is 1.49. The van der Waals surface area contributed by atoms with Crippen LogP contribution >= 0.6 is 0 Å². The van der Waals surface area contributed by atoms with Gasteiger partial charge in [-0.05, 0) is 54.4 Å². The molecule has 0 radical (unpaired) electrons. The summed E-state index contributed by atoms with van der Waals surface area (Å²) in [5, 5.41) is 3.39. The number of methoxy groups -OCH3 is 1. The smallest absolute Gasteiger partial charge is 0.220 e. The number of amides is 1. The lowest BCUT2D eigenvalue weighted by Crippen LogP contribution is -2.58. The Morgan fingerprint density at radius 2 is 2.18 bits per heavy atom. The molecule has 1 N–H and O–H groups in total. The molecule has 1 aromatic rings. The van der Waals surface area contributed by atoms with Gasteiger partial charge in [0, 0.05) is 24.6 Å². The number of fused-ring (bicyclic) bond motifs is 1. The Balaban J connectivity index is 1.69. The van der Waals surface area contributed by atoms with Gasteiger partial charge in [-0.15, -0.1) is 0 Å². The SMILES string of the molecule is CCCC(=O)N[C@H]1C(C)(C)[C@@H]2C[C@@H]3[C@@H](c4cccc(OC)c4F)OCCC31C2. The zero-order valence-corrected chi connectivity index (χ0v) is 17.4. The summed E-state index contributed by atoms with van der Waals surface area (Å²) in [4.78, 5) is 12.5. The average molecular weight is 390 g/mol. The summed E-state index contributed by atoms with van der Waals surface area (Å²) < 4.78 is 26.4. The molecule has 1 aromatic carbocycles. The van der Waals surface area contributed by atoms with Crippen LogP contribution in [0.25, 0.3) is 0 Å². The van der Waals surface area contributed by atoms with Crippen molar-refractivity contribution in [2.45, 2.75) is 65.0 Å². The van der Waals surface area contributed by atoms with Crippen LogP contribution in [-0.4, -0.2) is 25.7 Å². The monoisotopic (exact) mass is 389 g/mol. The maximum Gasteiger partial charge on any atom is 0.220 e. The Morgan fingerprint density at radius 1 is 1.39 bits per heavy atom. The number of carbonyl (C=O) groups is 1. The van der Waals surface area contributed by atoms with E-state index in [-0.39, 0.29) is 46.4 Å². The Hall–Kier alpha value is -1.62. The minimum absolute atomic E-state index is 0.0179. The summed E-state index contributed by atoms with van der Waals surface area (Å²) in [6.07, 6.45) is 4.16. The van der Waals surface area contributed by atoms with Crippen LogP contribution in [0, 0.1) is 28.5 Å². The van der Waals surface area contributed by atoms with Crippen molar-refractivity contribution in [2.24, 2.45) is 22.7 Å². The topological polar surface area (TPSA) is 47.6 Å². The number of halogens is 1. The van der Waals surface area contributed by atoms with Crippen molar-refractivity contribution in [1.82, 2.24) is 5.32 Å². The molecule has 1 spiro atoms. The molecule has 5 heteroatoms. The van der Waals surface area contributed by atoms with E-state index < -0.39 is 0 Å². The van der Waals surface area contributed by atoms with Crippen LogP contribution in [0.1, 0.15) is 64.5 Å². The van der Waals surface area contributed by atoms with Crippen LogP contribution in [0.5, 0.6) is 5.75 Å². The van der Waals surface area contributed by atoms with Crippen LogP contribution in [-0.2, 0) is 9.53 Å². The van der Waals surface area contributed by atoms with E-state index in [4.69, 9.17) is 9.47 Å². The van der Waals surface area contributed by atoms with Gasteiger partial charge in [0.05, 0.1) is 13.2 Å². The Bertz CT molecular complexity index is 764. The van der Waals surface area contributed by atoms with E-state index in [1.807, 2.05) is 19.1 Å². The lowest BCUT2D eigenvalue weighted by atomic mass is 9.58. The standard InChI is InChI=1S/C23H32FNO3/c1-5-7-18(26)25-21-22(2,3)14-12-16-20(28-11-10-23(16,21)13-14)15-8-6-9-17(27-4)19(15)24/h6,8-9,14,16,20-21H,5,7,10-13H2,1-4H3,(H,25,26)/t14-,16-,20-,21+,23?/m1/s1. The molecule has 1 aliphatic heterocycles. The van der Waals surface area contributed by atoms with Crippen molar-refractivity contribution in [3.8, 4) is 5.75 Å². The van der Waals surface area contributed by atoms with Gasteiger partial charge in [0.2, 0.25) is 5.91 Å². The number of hydrogen-bond acceptors (Lipinski definition) is 3. The fraction of sp³-hybridized carbons (Fsp3) is 0.696. The number of nitrogens with one attached hydrogen (secondary N) is 1. The number of hydrogen-bond donors (Lipinski definition) is 1. The van der Waals surface area contributed by atoms with Gasteiger partial charge in [-0.25, -0.2) is 4.39 Å². The summed E-state index contributed by atoms with van der Waals surface area (Å²) >= 11 is 0. The van der Waals surface area contributed by atoms with Crippen LogP contribution in [0.2, 0.25) is 0 Å². The van der Waals surface area contributed by atoms with Gasteiger partial charge in [0.1, 0.15) is 0 Å². The molecule has 1 amide bonds. The molecule has 1 unspecified atom stereocenters. The Morgan fingerprint density at radius 3 is 2.89 bits per heavy atom. The van der Waals surface area contributed by atoms with Gasteiger partial charge >= 0.3 is 0 Å². The minimum Gasteiger partial charge on any atom is -0.494 e. The van der Waals surface area contributed by atoms with Crippen LogP contribution in [0.4, 0.5) is 4.39 Å². The van der Waals surface area contributed by atoms with Crippen molar-refractivity contribution in [3.63, 3.8) is 0 Å². The van der Waals surface area contributed by atoms with Gasteiger partial charge in [0.25, 0.3) is 0 Å². The third kappa shape index (κ3) is 2.77. The number of benzene rings is 1. The first-order valence-electron chi connectivity index (χ1n) is 10.6. The van der Waals surface area contributed by atoms with Crippen molar-refractivity contribution in [3.05, 3.63) is 29.6 Å². The second kappa shape index (κ2) is 7.01. The molecule has 3 fully saturated rings. The third-order valence-corrected chi connectivity index (χ3v) is 7.81. The molecule has 1 saturated heterocycles. The fourth-order valence-electron chi connectivity index (χ4n) is 6.46. The van der Waals surface area contributed by atoms with Crippen molar-refractivity contribution >= 4 is 5.91 Å². The van der Waals surface area contributed by atoms with Crippen molar-refractivity contribution in [2.75, 3.05) is 13.7 Å². The van der Waals surface area contributed by atoms with Crippen molar-refractivity contribution < 1.29 is 18.7 Å². The quantitative estimate of drug-likeness (QED) is 0.798. The lowest BCUT2D eigenvalue weighted by molar-refractivity contribution is -0.137. The molecule has 2 aliphatic carbocycles. The summed E-state index contributed by atoms with van der Waals surface area (Å²) in [5.74, 6) is 0.810. The summed E-state index contributed by atoms with van der Waals surface area (Å²) in [6, 6.07) is 5.42. The highest BCUT2D eigenvalue weighted by atomic mass is 19.1. The zero-order valence-electron chi connectivity index (χ0n) is 17.4.